The van der Waals surface area contributed by atoms with Crippen molar-refractivity contribution in [1.29, 1.82) is 0 Å². The van der Waals surface area contributed by atoms with Gasteiger partial charge < -0.3 is 24.1 Å². The predicted octanol–water partition coefficient (Wildman–Crippen LogP) is 2.42. The van der Waals surface area contributed by atoms with Crippen LogP contribution in [0.4, 0.5) is 0 Å². The third kappa shape index (κ3) is 5.00. The highest BCUT2D eigenvalue weighted by Gasteiger charge is 2.47. The molecule has 1 aliphatic rings. The number of esters is 2. The molecule has 4 unspecified atom stereocenters. The summed E-state index contributed by atoms with van der Waals surface area (Å²) in [6, 6.07) is 13.8. The maximum atomic E-state index is 12.5. The van der Waals surface area contributed by atoms with Crippen molar-refractivity contribution in [2.75, 3.05) is 13.7 Å². The van der Waals surface area contributed by atoms with Crippen LogP contribution < -0.4 is 0 Å². The van der Waals surface area contributed by atoms with Gasteiger partial charge in [0.1, 0.15) is 18.8 Å². The number of hydrogen-bond donors (Lipinski definition) is 1. The lowest BCUT2D eigenvalue weighted by molar-refractivity contribution is -0.153. The Balaban J connectivity index is 1.66. The molecule has 1 aliphatic heterocycles. The van der Waals surface area contributed by atoms with Crippen molar-refractivity contribution in [2.45, 2.75) is 38.4 Å². The molecular formula is C22H24O7. The molecule has 0 radical (unpaired) electrons. The highest BCUT2D eigenvalue weighted by Crippen LogP contribution is 2.26. The third-order valence-electron chi connectivity index (χ3n) is 4.72. The van der Waals surface area contributed by atoms with Gasteiger partial charge in [0.15, 0.2) is 12.4 Å². The molecule has 0 spiro atoms. The highest BCUT2D eigenvalue weighted by molar-refractivity contribution is 5.90. The van der Waals surface area contributed by atoms with Crippen LogP contribution in [0, 0.1) is 13.8 Å². The Bertz CT molecular complexity index is 844. The molecular weight excluding hydrogens is 376 g/mol. The molecule has 0 aromatic heterocycles. The number of rotatable bonds is 6. The van der Waals surface area contributed by atoms with E-state index in [9.17, 15) is 14.7 Å². The number of methoxy groups -OCH3 is 1. The summed E-state index contributed by atoms with van der Waals surface area (Å²) >= 11 is 0. The molecule has 2 aromatic rings. The second kappa shape index (κ2) is 9.17. The smallest absolute Gasteiger partial charge is 0.338 e. The maximum absolute atomic E-state index is 12.5. The van der Waals surface area contributed by atoms with Gasteiger partial charge in [-0.1, -0.05) is 35.4 Å². The van der Waals surface area contributed by atoms with Crippen LogP contribution in [0.25, 0.3) is 0 Å². The van der Waals surface area contributed by atoms with Crippen LogP contribution in [0.3, 0.4) is 0 Å². The van der Waals surface area contributed by atoms with E-state index in [0.29, 0.717) is 11.1 Å². The lowest BCUT2D eigenvalue weighted by Gasteiger charge is -2.20. The van der Waals surface area contributed by atoms with Gasteiger partial charge in [-0.3, -0.25) is 0 Å². The van der Waals surface area contributed by atoms with Gasteiger partial charge in [-0.05, 0) is 38.1 Å². The first-order valence-electron chi connectivity index (χ1n) is 9.27. The van der Waals surface area contributed by atoms with Crippen LogP contribution in [0.2, 0.25) is 0 Å². The first kappa shape index (κ1) is 21.0. The van der Waals surface area contributed by atoms with E-state index >= 15 is 0 Å². The number of benzene rings is 2. The normalized spacial score (nSPS) is 23.6. The van der Waals surface area contributed by atoms with E-state index < -0.39 is 36.5 Å². The van der Waals surface area contributed by atoms with Crippen molar-refractivity contribution in [3.05, 3.63) is 70.8 Å². The van der Waals surface area contributed by atoms with Crippen molar-refractivity contribution in [3.8, 4) is 0 Å². The second-order valence-electron chi connectivity index (χ2n) is 6.97. The van der Waals surface area contributed by atoms with Crippen LogP contribution >= 0.6 is 0 Å². The third-order valence-corrected chi connectivity index (χ3v) is 4.72. The fourth-order valence-corrected chi connectivity index (χ4v) is 2.99. The summed E-state index contributed by atoms with van der Waals surface area (Å²) in [5, 5.41) is 10.4. The number of hydrogen-bond acceptors (Lipinski definition) is 7. The van der Waals surface area contributed by atoms with Gasteiger partial charge in [0.05, 0.1) is 11.1 Å². The van der Waals surface area contributed by atoms with Gasteiger partial charge in [-0.25, -0.2) is 9.59 Å². The number of aliphatic hydroxyl groups is 1. The van der Waals surface area contributed by atoms with Crippen molar-refractivity contribution in [2.24, 2.45) is 0 Å². The standard InChI is InChI=1S/C22H24O7/c1-13-4-8-15(9-5-13)20(24)27-12-17-19(18(23)22(26-3)28-17)29-21(25)16-10-6-14(2)7-11-16/h4-11,17-19,22-23H,12H2,1-3H3. The van der Waals surface area contributed by atoms with Crippen LogP contribution in [0.15, 0.2) is 48.5 Å². The van der Waals surface area contributed by atoms with Gasteiger partial charge in [-0.2, -0.15) is 0 Å². The van der Waals surface area contributed by atoms with E-state index in [1.54, 1.807) is 48.5 Å². The second-order valence-corrected chi connectivity index (χ2v) is 6.97. The Morgan fingerprint density at radius 1 is 0.931 bits per heavy atom. The number of aliphatic hydroxyl groups excluding tert-OH is 1. The molecule has 7 heteroatoms. The lowest BCUT2D eigenvalue weighted by atomic mass is 10.1. The number of carbonyl (C=O) groups is 2. The monoisotopic (exact) mass is 400 g/mol. The SMILES string of the molecule is COC1OC(COC(=O)c2ccc(C)cc2)C(OC(=O)c2ccc(C)cc2)C1O. The number of ether oxygens (including phenoxy) is 4. The summed E-state index contributed by atoms with van der Waals surface area (Å²) in [6.45, 7) is 3.63. The molecule has 154 valence electrons. The van der Waals surface area contributed by atoms with Crippen LogP contribution in [0.5, 0.6) is 0 Å². The summed E-state index contributed by atoms with van der Waals surface area (Å²) in [4.78, 5) is 24.7. The summed E-state index contributed by atoms with van der Waals surface area (Å²) in [5.41, 5.74) is 2.77. The minimum Gasteiger partial charge on any atom is -0.459 e. The Labute approximate surface area is 169 Å². The molecule has 2 aromatic carbocycles. The molecule has 0 bridgehead atoms. The molecule has 1 fully saturated rings. The quantitative estimate of drug-likeness (QED) is 0.745. The number of aryl methyl sites for hydroxylation is 2. The minimum absolute atomic E-state index is 0.199. The maximum Gasteiger partial charge on any atom is 0.338 e. The van der Waals surface area contributed by atoms with Crippen molar-refractivity contribution in [3.63, 3.8) is 0 Å². The fraction of sp³-hybridized carbons (Fsp3) is 0.364. The van der Waals surface area contributed by atoms with Crippen LogP contribution in [-0.4, -0.2) is 55.4 Å². The molecule has 1 N–H and O–H groups in total. The summed E-state index contributed by atoms with van der Waals surface area (Å²) in [6.07, 6.45) is -4.11. The van der Waals surface area contributed by atoms with Crippen molar-refractivity contribution in [1.82, 2.24) is 0 Å². The van der Waals surface area contributed by atoms with Gasteiger partial charge in [0.25, 0.3) is 0 Å². The van der Waals surface area contributed by atoms with E-state index in [0.717, 1.165) is 11.1 Å². The Kier molecular flexibility index (Phi) is 6.64. The Morgan fingerprint density at radius 2 is 1.45 bits per heavy atom. The molecule has 3 rings (SSSR count). The topological polar surface area (TPSA) is 91.3 Å². The Morgan fingerprint density at radius 3 is 1.97 bits per heavy atom. The Hall–Kier alpha value is -2.74. The number of carbonyl (C=O) groups excluding carboxylic acids is 2. The van der Waals surface area contributed by atoms with E-state index in [4.69, 9.17) is 18.9 Å². The molecule has 0 amide bonds. The zero-order valence-electron chi connectivity index (χ0n) is 16.5. The highest BCUT2D eigenvalue weighted by atomic mass is 16.7. The molecule has 0 saturated carbocycles. The molecule has 29 heavy (non-hydrogen) atoms. The van der Waals surface area contributed by atoms with Gasteiger partial charge in [0, 0.05) is 7.11 Å². The van der Waals surface area contributed by atoms with Crippen molar-refractivity contribution < 1.29 is 33.6 Å². The largest absolute Gasteiger partial charge is 0.459 e. The first-order chi connectivity index (χ1) is 13.9. The van der Waals surface area contributed by atoms with E-state index in [1.807, 2.05) is 13.8 Å². The zero-order chi connectivity index (χ0) is 21.0. The summed E-state index contributed by atoms with van der Waals surface area (Å²) < 4.78 is 21.4. The molecule has 0 aliphatic carbocycles. The van der Waals surface area contributed by atoms with Crippen LogP contribution in [0.1, 0.15) is 31.8 Å². The summed E-state index contributed by atoms with van der Waals surface area (Å²) in [7, 11) is 1.37. The van der Waals surface area contributed by atoms with Crippen LogP contribution in [-0.2, 0) is 18.9 Å². The van der Waals surface area contributed by atoms with Crippen molar-refractivity contribution >= 4 is 11.9 Å². The molecule has 4 atom stereocenters. The van der Waals surface area contributed by atoms with Gasteiger partial charge in [0.2, 0.25) is 0 Å². The molecule has 1 heterocycles. The lowest BCUT2D eigenvalue weighted by Crippen LogP contribution is -2.39. The molecule has 1 saturated heterocycles. The fourth-order valence-electron chi connectivity index (χ4n) is 2.99. The van der Waals surface area contributed by atoms with E-state index in [1.165, 1.54) is 7.11 Å². The van der Waals surface area contributed by atoms with E-state index in [-0.39, 0.29) is 6.61 Å². The average molecular weight is 400 g/mol. The predicted molar refractivity (Wildman–Crippen MR) is 104 cm³/mol. The van der Waals surface area contributed by atoms with Gasteiger partial charge >= 0.3 is 11.9 Å². The first-order valence-corrected chi connectivity index (χ1v) is 9.27. The molecule has 7 nitrogen and oxygen atoms in total. The minimum atomic E-state index is -1.21. The zero-order valence-corrected chi connectivity index (χ0v) is 16.5. The average Bonchev–Trinajstić information content (AvgIpc) is 3.02. The summed E-state index contributed by atoms with van der Waals surface area (Å²) in [5.74, 6) is -1.14. The van der Waals surface area contributed by atoms with E-state index in [2.05, 4.69) is 0 Å². The van der Waals surface area contributed by atoms with Gasteiger partial charge in [-0.15, -0.1) is 0 Å².